The van der Waals surface area contributed by atoms with Crippen LogP contribution in [0.4, 0.5) is 0 Å². The Balaban J connectivity index is 2.59. The Morgan fingerprint density at radius 3 is 2.19 bits per heavy atom. The Kier molecular flexibility index (Phi) is 4.65. The highest BCUT2D eigenvalue weighted by Crippen LogP contribution is 2.09. The maximum absolute atomic E-state index is 11.2. The molecular weight excluding hydrogens is 200 g/mol. The van der Waals surface area contributed by atoms with Crippen LogP contribution in [0.25, 0.3) is 6.08 Å². The third kappa shape index (κ3) is 3.81. The van der Waals surface area contributed by atoms with Crippen LogP contribution in [-0.2, 0) is 9.59 Å². The van der Waals surface area contributed by atoms with Gasteiger partial charge in [0.2, 0.25) is 0 Å². The Labute approximate surface area is 96.0 Å². The van der Waals surface area contributed by atoms with E-state index in [1.54, 1.807) is 0 Å². The van der Waals surface area contributed by atoms with Gasteiger partial charge in [0.05, 0.1) is 5.92 Å². The molecule has 0 saturated heterocycles. The van der Waals surface area contributed by atoms with Gasteiger partial charge in [-0.2, -0.15) is 0 Å². The maximum Gasteiger partial charge on any atom is 0.140 e. The van der Waals surface area contributed by atoms with Gasteiger partial charge in [0.25, 0.3) is 0 Å². The lowest BCUT2D eigenvalue weighted by Gasteiger charge is -2.05. The summed E-state index contributed by atoms with van der Waals surface area (Å²) in [5.41, 5.74) is 1.08. The standard InChI is InChI=1S/C14H16O2/c1-11(15)14(12(2)16)10-6-9-13-7-4-3-5-8-13/h3-9,14H,10H2,1-2H3/b9-6+. The average Bonchev–Trinajstić information content (AvgIpc) is 2.24. The summed E-state index contributed by atoms with van der Waals surface area (Å²) in [6.07, 6.45) is 4.29. The molecule has 0 aromatic heterocycles. The van der Waals surface area contributed by atoms with E-state index in [4.69, 9.17) is 0 Å². The van der Waals surface area contributed by atoms with Crippen molar-refractivity contribution in [3.63, 3.8) is 0 Å². The van der Waals surface area contributed by atoms with Crippen LogP contribution >= 0.6 is 0 Å². The van der Waals surface area contributed by atoms with Gasteiger partial charge in [0, 0.05) is 0 Å². The summed E-state index contributed by atoms with van der Waals surface area (Å²) in [4.78, 5) is 22.3. The van der Waals surface area contributed by atoms with Crippen molar-refractivity contribution >= 4 is 17.6 Å². The Bertz CT molecular complexity index is 376. The molecule has 0 aliphatic rings. The highest BCUT2D eigenvalue weighted by Gasteiger charge is 2.16. The van der Waals surface area contributed by atoms with Gasteiger partial charge in [-0.05, 0) is 25.8 Å². The van der Waals surface area contributed by atoms with E-state index < -0.39 is 5.92 Å². The van der Waals surface area contributed by atoms with E-state index in [9.17, 15) is 9.59 Å². The number of rotatable bonds is 5. The molecule has 0 saturated carbocycles. The molecule has 0 spiro atoms. The van der Waals surface area contributed by atoms with Crippen molar-refractivity contribution in [3.8, 4) is 0 Å². The van der Waals surface area contributed by atoms with Crippen molar-refractivity contribution in [1.29, 1.82) is 0 Å². The van der Waals surface area contributed by atoms with Gasteiger partial charge in [-0.15, -0.1) is 0 Å². The first-order chi connectivity index (χ1) is 7.61. The van der Waals surface area contributed by atoms with Crippen LogP contribution in [0, 0.1) is 5.92 Å². The van der Waals surface area contributed by atoms with Gasteiger partial charge in [0.1, 0.15) is 11.6 Å². The van der Waals surface area contributed by atoms with Gasteiger partial charge >= 0.3 is 0 Å². The second kappa shape index (κ2) is 6.01. The Morgan fingerprint density at radius 2 is 1.69 bits per heavy atom. The molecule has 16 heavy (non-hydrogen) atoms. The van der Waals surface area contributed by atoms with Crippen LogP contribution < -0.4 is 0 Å². The molecule has 84 valence electrons. The van der Waals surface area contributed by atoms with Crippen molar-refractivity contribution in [2.75, 3.05) is 0 Å². The van der Waals surface area contributed by atoms with Crippen LogP contribution in [0.3, 0.4) is 0 Å². The van der Waals surface area contributed by atoms with Crippen LogP contribution in [0.15, 0.2) is 36.4 Å². The van der Waals surface area contributed by atoms with E-state index in [2.05, 4.69) is 0 Å². The first-order valence-electron chi connectivity index (χ1n) is 5.33. The summed E-state index contributed by atoms with van der Waals surface area (Å²) in [6.45, 7) is 2.92. The average molecular weight is 216 g/mol. The first kappa shape index (κ1) is 12.4. The van der Waals surface area contributed by atoms with Crippen molar-refractivity contribution in [1.82, 2.24) is 0 Å². The number of carbonyl (C=O) groups is 2. The van der Waals surface area contributed by atoms with Crippen molar-refractivity contribution in [2.24, 2.45) is 5.92 Å². The van der Waals surface area contributed by atoms with Gasteiger partial charge < -0.3 is 0 Å². The molecule has 0 fully saturated rings. The molecule has 2 nitrogen and oxygen atoms in total. The predicted octanol–water partition coefficient (Wildman–Crippen LogP) is 2.88. The van der Waals surface area contributed by atoms with Gasteiger partial charge in [-0.25, -0.2) is 0 Å². The third-order valence-electron chi connectivity index (χ3n) is 2.46. The molecule has 1 aromatic rings. The minimum atomic E-state index is -0.486. The molecule has 0 radical (unpaired) electrons. The fourth-order valence-corrected chi connectivity index (χ4v) is 1.52. The smallest absolute Gasteiger partial charge is 0.140 e. The zero-order valence-electron chi connectivity index (χ0n) is 9.64. The lowest BCUT2D eigenvalue weighted by Crippen LogP contribution is -2.18. The van der Waals surface area contributed by atoms with Gasteiger partial charge in [0.15, 0.2) is 0 Å². The minimum absolute atomic E-state index is 0.0646. The number of Topliss-reactive ketones (excluding diaryl/α,β-unsaturated/α-hetero) is 2. The summed E-state index contributed by atoms with van der Waals surface area (Å²) < 4.78 is 0. The van der Waals surface area contributed by atoms with Crippen LogP contribution in [0.2, 0.25) is 0 Å². The molecule has 1 rings (SSSR count). The molecule has 1 aromatic carbocycles. The predicted molar refractivity (Wildman–Crippen MR) is 64.9 cm³/mol. The van der Waals surface area contributed by atoms with Crippen molar-refractivity contribution < 1.29 is 9.59 Å². The molecule has 0 aliphatic carbocycles. The second-order valence-corrected chi connectivity index (χ2v) is 3.82. The molecule has 0 bridgehead atoms. The summed E-state index contributed by atoms with van der Waals surface area (Å²) in [5, 5.41) is 0. The Hall–Kier alpha value is -1.70. The van der Waals surface area contributed by atoms with E-state index >= 15 is 0 Å². The van der Waals surface area contributed by atoms with Crippen LogP contribution in [0.5, 0.6) is 0 Å². The molecule has 0 aliphatic heterocycles. The second-order valence-electron chi connectivity index (χ2n) is 3.82. The van der Waals surface area contributed by atoms with E-state index in [0.29, 0.717) is 6.42 Å². The quantitative estimate of drug-likeness (QED) is 0.709. The number of allylic oxidation sites excluding steroid dienone is 1. The fourth-order valence-electron chi connectivity index (χ4n) is 1.52. The van der Waals surface area contributed by atoms with Crippen LogP contribution in [0.1, 0.15) is 25.8 Å². The fraction of sp³-hybridized carbons (Fsp3) is 0.286. The number of hydrogen-bond donors (Lipinski definition) is 0. The summed E-state index contributed by atoms with van der Waals surface area (Å²) >= 11 is 0. The lowest BCUT2D eigenvalue weighted by molar-refractivity contribution is -0.130. The summed E-state index contributed by atoms with van der Waals surface area (Å²) in [6, 6.07) is 9.81. The Morgan fingerprint density at radius 1 is 1.12 bits per heavy atom. The highest BCUT2D eigenvalue weighted by molar-refractivity contribution is 6.00. The topological polar surface area (TPSA) is 34.1 Å². The van der Waals surface area contributed by atoms with E-state index in [1.165, 1.54) is 13.8 Å². The number of benzene rings is 1. The molecule has 2 heteroatoms. The van der Waals surface area contributed by atoms with Gasteiger partial charge in [-0.1, -0.05) is 42.5 Å². The molecule has 0 N–H and O–H groups in total. The third-order valence-corrected chi connectivity index (χ3v) is 2.46. The summed E-state index contributed by atoms with van der Waals surface area (Å²) in [5.74, 6) is -0.615. The number of ketones is 2. The number of carbonyl (C=O) groups excluding carboxylic acids is 2. The van der Waals surface area contributed by atoms with E-state index in [0.717, 1.165) is 5.56 Å². The minimum Gasteiger partial charge on any atom is -0.299 e. The molecule has 0 atom stereocenters. The molecule has 0 heterocycles. The number of hydrogen-bond acceptors (Lipinski definition) is 2. The zero-order valence-corrected chi connectivity index (χ0v) is 9.64. The monoisotopic (exact) mass is 216 g/mol. The van der Waals surface area contributed by atoms with Crippen molar-refractivity contribution in [2.45, 2.75) is 20.3 Å². The van der Waals surface area contributed by atoms with E-state index in [-0.39, 0.29) is 11.6 Å². The molecule has 0 unspecified atom stereocenters. The normalized spacial score (nSPS) is 10.9. The van der Waals surface area contributed by atoms with Crippen LogP contribution in [-0.4, -0.2) is 11.6 Å². The molecular formula is C14H16O2. The van der Waals surface area contributed by atoms with Gasteiger partial charge in [-0.3, -0.25) is 9.59 Å². The summed E-state index contributed by atoms with van der Waals surface area (Å²) in [7, 11) is 0. The first-order valence-corrected chi connectivity index (χ1v) is 5.33. The van der Waals surface area contributed by atoms with E-state index in [1.807, 2.05) is 42.5 Å². The largest absolute Gasteiger partial charge is 0.299 e. The SMILES string of the molecule is CC(=O)C(C/C=C/c1ccccc1)C(C)=O. The molecule has 0 amide bonds. The van der Waals surface area contributed by atoms with Crippen molar-refractivity contribution in [3.05, 3.63) is 42.0 Å². The zero-order chi connectivity index (χ0) is 12.0. The highest BCUT2D eigenvalue weighted by atomic mass is 16.1. The lowest BCUT2D eigenvalue weighted by atomic mass is 9.96. The maximum atomic E-state index is 11.2.